The zero-order chi connectivity index (χ0) is 11.4. The van der Waals surface area contributed by atoms with Crippen LogP contribution in [-0.2, 0) is 0 Å². The number of nitrogens with one attached hydrogen (secondary N) is 1. The van der Waals surface area contributed by atoms with Gasteiger partial charge in [-0.1, -0.05) is 12.8 Å². The number of amides is 1. The number of nitrogens with two attached hydrogens (primary N) is 1. The van der Waals surface area contributed by atoms with Crippen LogP contribution in [0.1, 0.15) is 36.2 Å². The number of hydrogen-bond donors (Lipinski definition) is 2. The second-order valence-corrected chi connectivity index (χ2v) is 4.19. The van der Waals surface area contributed by atoms with Crippen LogP contribution in [0.4, 0.5) is 5.82 Å². The SMILES string of the molecule is Nc1cncc(C(=O)NCC2CCCC2)n1. The van der Waals surface area contributed by atoms with E-state index in [2.05, 4.69) is 15.3 Å². The maximum Gasteiger partial charge on any atom is 0.271 e. The Labute approximate surface area is 94.5 Å². The molecule has 2 rings (SSSR count). The highest BCUT2D eigenvalue weighted by Crippen LogP contribution is 2.23. The lowest BCUT2D eigenvalue weighted by molar-refractivity contribution is 0.0942. The summed E-state index contributed by atoms with van der Waals surface area (Å²) >= 11 is 0. The van der Waals surface area contributed by atoms with E-state index < -0.39 is 0 Å². The van der Waals surface area contributed by atoms with Crippen molar-refractivity contribution in [3.8, 4) is 0 Å². The van der Waals surface area contributed by atoms with Gasteiger partial charge >= 0.3 is 0 Å². The minimum absolute atomic E-state index is 0.188. The van der Waals surface area contributed by atoms with Crippen molar-refractivity contribution in [2.45, 2.75) is 25.7 Å². The van der Waals surface area contributed by atoms with Gasteiger partial charge in [0.1, 0.15) is 11.5 Å². The first kappa shape index (κ1) is 10.9. The van der Waals surface area contributed by atoms with Crippen LogP contribution in [0.25, 0.3) is 0 Å². The third-order valence-electron chi connectivity index (χ3n) is 2.91. The van der Waals surface area contributed by atoms with Crippen molar-refractivity contribution in [2.75, 3.05) is 12.3 Å². The highest BCUT2D eigenvalue weighted by atomic mass is 16.1. The van der Waals surface area contributed by atoms with Crippen molar-refractivity contribution in [3.05, 3.63) is 18.1 Å². The van der Waals surface area contributed by atoms with Crippen LogP contribution in [-0.4, -0.2) is 22.4 Å². The molecule has 1 aliphatic carbocycles. The molecule has 1 aromatic heterocycles. The summed E-state index contributed by atoms with van der Waals surface area (Å²) in [5, 5.41) is 2.87. The highest BCUT2D eigenvalue weighted by molar-refractivity contribution is 5.92. The Balaban J connectivity index is 1.87. The maximum atomic E-state index is 11.7. The summed E-state index contributed by atoms with van der Waals surface area (Å²) in [6.45, 7) is 0.731. The van der Waals surface area contributed by atoms with Crippen LogP contribution in [0.3, 0.4) is 0 Å². The van der Waals surface area contributed by atoms with E-state index in [9.17, 15) is 4.79 Å². The zero-order valence-corrected chi connectivity index (χ0v) is 9.15. The molecule has 5 nitrogen and oxygen atoms in total. The molecule has 0 atom stereocenters. The Bertz CT molecular complexity index is 374. The van der Waals surface area contributed by atoms with Crippen LogP contribution in [0, 0.1) is 5.92 Å². The summed E-state index contributed by atoms with van der Waals surface area (Å²) in [5.74, 6) is 0.707. The van der Waals surface area contributed by atoms with Gasteiger partial charge in [-0.2, -0.15) is 0 Å². The van der Waals surface area contributed by atoms with Crippen molar-refractivity contribution in [1.29, 1.82) is 0 Å². The van der Waals surface area contributed by atoms with Crippen LogP contribution in [0.15, 0.2) is 12.4 Å². The maximum absolute atomic E-state index is 11.7. The molecule has 1 aromatic rings. The Morgan fingerprint density at radius 3 is 2.88 bits per heavy atom. The van der Waals surface area contributed by atoms with Crippen LogP contribution >= 0.6 is 0 Å². The largest absolute Gasteiger partial charge is 0.382 e. The number of hydrogen-bond acceptors (Lipinski definition) is 4. The van der Waals surface area contributed by atoms with Gasteiger partial charge in [0.2, 0.25) is 0 Å². The molecule has 0 saturated heterocycles. The average molecular weight is 220 g/mol. The molecule has 5 heteroatoms. The molecule has 1 saturated carbocycles. The van der Waals surface area contributed by atoms with E-state index in [1.54, 1.807) is 0 Å². The van der Waals surface area contributed by atoms with Crippen LogP contribution in [0.5, 0.6) is 0 Å². The van der Waals surface area contributed by atoms with Crippen molar-refractivity contribution in [1.82, 2.24) is 15.3 Å². The lowest BCUT2D eigenvalue weighted by Gasteiger charge is -2.09. The minimum Gasteiger partial charge on any atom is -0.382 e. The molecule has 16 heavy (non-hydrogen) atoms. The molecule has 1 amide bonds. The van der Waals surface area contributed by atoms with Gasteiger partial charge in [0.05, 0.1) is 12.4 Å². The third-order valence-corrected chi connectivity index (χ3v) is 2.91. The minimum atomic E-state index is -0.188. The summed E-state index contributed by atoms with van der Waals surface area (Å²) in [7, 11) is 0. The number of carbonyl (C=O) groups excluding carboxylic acids is 1. The molecular formula is C11H16N4O. The molecule has 0 aromatic carbocycles. The first-order valence-corrected chi connectivity index (χ1v) is 5.61. The number of nitrogens with zero attached hydrogens (tertiary/aromatic N) is 2. The molecule has 1 heterocycles. The number of nitrogen functional groups attached to an aromatic ring is 1. The molecule has 0 bridgehead atoms. The molecule has 0 aliphatic heterocycles. The van der Waals surface area contributed by atoms with E-state index in [-0.39, 0.29) is 17.4 Å². The summed E-state index contributed by atoms with van der Waals surface area (Å²) in [6, 6.07) is 0. The van der Waals surface area contributed by atoms with E-state index in [4.69, 9.17) is 5.73 Å². The molecule has 1 aliphatic rings. The van der Waals surface area contributed by atoms with Crippen molar-refractivity contribution >= 4 is 11.7 Å². The fourth-order valence-corrected chi connectivity index (χ4v) is 2.03. The number of rotatable bonds is 3. The second kappa shape index (κ2) is 4.92. The Hall–Kier alpha value is -1.65. The quantitative estimate of drug-likeness (QED) is 0.795. The predicted octanol–water partition coefficient (Wildman–Crippen LogP) is 0.979. The predicted molar refractivity (Wildman–Crippen MR) is 60.7 cm³/mol. The van der Waals surface area contributed by atoms with E-state index in [0.717, 1.165) is 6.54 Å². The smallest absolute Gasteiger partial charge is 0.271 e. The Kier molecular flexibility index (Phi) is 3.34. The fraction of sp³-hybridized carbons (Fsp3) is 0.545. The zero-order valence-electron chi connectivity index (χ0n) is 9.15. The van der Waals surface area contributed by atoms with Gasteiger partial charge in [-0.05, 0) is 18.8 Å². The molecule has 86 valence electrons. The first-order chi connectivity index (χ1) is 7.75. The van der Waals surface area contributed by atoms with Crippen LogP contribution in [0.2, 0.25) is 0 Å². The van der Waals surface area contributed by atoms with E-state index in [1.807, 2.05) is 0 Å². The van der Waals surface area contributed by atoms with Gasteiger partial charge in [-0.3, -0.25) is 9.78 Å². The monoisotopic (exact) mass is 220 g/mol. The van der Waals surface area contributed by atoms with Gasteiger partial charge in [-0.25, -0.2) is 4.98 Å². The lowest BCUT2D eigenvalue weighted by Crippen LogP contribution is -2.29. The topological polar surface area (TPSA) is 80.9 Å². The normalized spacial score (nSPS) is 16.2. The highest BCUT2D eigenvalue weighted by Gasteiger charge is 2.16. The summed E-state index contributed by atoms with van der Waals surface area (Å²) in [6.07, 6.45) is 7.83. The van der Waals surface area contributed by atoms with E-state index >= 15 is 0 Å². The van der Waals surface area contributed by atoms with Gasteiger partial charge in [0, 0.05) is 6.54 Å². The Morgan fingerprint density at radius 2 is 2.19 bits per heavy atom. The first-order valence-electron chi connectivity index (χ1n) is 5.61. The van der Waals surface area contributed by atoms with Crippen molar-refractivity contribution < 1.29 is 4.79 Å². The molecule has 1 fully saturated rings. The third kappa shape index (κ3) is 2.68. The lowest BCUT2D eigenvalue weighted by atomic mass is 10.1. The number of carbonyl (C=O) groups is 1. The van der Waals surface area contributed by atoms with Crippen molar-refractivity contribution in [2.24, 2.45) is 5.92 Å². The second-order valence-electron chi connectivity index (χ2n) is 4.19. The van der Waals surface area contributed by atoms with Crippen molar-refractivity contribution in [3.63, 3.8) is 0 Å². The van der Waals surface area contributed by atoms with E-state index in [1.165, 1.54) is 38.1 Å². The molecular weight excluding hydrogens is 204 g/mol. The molecule has 0 spiro atoms. The summed E-state index contributed by atoms with van der Waals surface area (Å²) in [4.78, 5) is 19.4. The van der Waals surface area contributed by atoms with E-state index in [0.29, 0.717) is 5.92 Å². The Morgan fingerprint density at radius 1 is 1.44 bits per heavy atom. The van der Waals surface area contributed by atoms with Gasteiger partial charge in [-0.15, -0.1) is 0 Å². The van der Waals surface area contributed by atoms with Gasteiger partial charge < -0.3 is 11.1 Å². The molecule has 0 unspecified atom stereocenters. The molecule has 0 radical (unpaired) electrons. The molecule has 3 N–H and O–H groups in total. The van der Waals surface area contributed by atoms with Gasteiger partial charge in [0.15, 0.2) is 0 Å². The average Bonchev–Trinajstić information content (AvgIpc) is 2.78. The standard InChI is InChI=1S/C11H16N4O/c12-10-7-13-6-9(15-10)11(16)14-5-8-3-1-2-4-8/h6-8H,1-5H2,(H2,12,15)(H,14,16). The van der Waals surface area contributed by atoms with Gasteiger partial charge in [0.25, 0.3) is 5.91 Å². The fourth-order valence-electron chi connectivity index (χ4n) is 2.03. The number of aromatic nitrogens is 2. The van der Waals surface area contributed by atoms with Crippen LogP contribution < -0.4 is 11.1 Å². The summed E-state index contributed by atoms with van der Waals surface area (Å²) < 4.78 is 0. The number of anilines is 1. The summed E-state index contributed by atoms with van der Waals surface area (Å²) in [5.41, 5.74) is 5.75.